The molecule has 0 bridgehead atoms. The minimum atomic E-state index is -0.545. The van der Waals surface area contributed by atoms with E-state index < -0.39 is 12.4 Å². The summed E-state index contributed by atoms with van der Waals surface area (Å²) in [6.45, 7) is 2.49. The fraction of sp³-hybridized carbons (Fsp3) is 0.257. The summed E-state index contributed by atoms with van der Waals surface area (Å²) in [5.41, 5.74) is 11.8. The first kappa shape index (κ1) is 106. The number of phenolic OH excluding ortho intramolecular Hbond substituents is 2. The van der Waals surface area contributed by atoms with Crippen LogP contribution in [0, 0.1) is 12.7 Å². The number of aliphatic hydroxyl groups excluding tert-OH is 2. The molecule has 4 aliphatic carbocycles. The molecule has 0 atom stereocenters. The number of aryl methyl sites for hydroxylation is 1. The van der Waals surface area contributed by atoms with Gasteiger partial charge in [0.05, 0.1) is 42.3 Å². The number of aliphatic hydroxyl groups is 2. The maximum absolute atomic E-state index is 13.0. The summed E-state index contributed by atoms with van der Waals surface area (Å²) in [4.78, 5) is 101. The fourth-order valence-corrected chi connectivity index (χ4v) is 16.8. The number of Topliss-reactive ketones (excluding diaryl/α,β-unsaturated/α-hetero) is 3. The number of phenols is 2. The van der Waals surface area contributed by atoms with E-state index in [2.05, 4.69) is 142 Å². The number of unbranched alkanes of at least 4 members (excludes halogenated alkanes) is 3. The van der Waals surface area contributed by atoms with Gasteiger partial charge in [0.25, 0.3) is 29.5 Å². The van der Waals surface area contributed by atoms with Gasteiger partial charge in [0.1, 0.15) is 58.1 Å². The Morgan fingerprint density at radius 3 is 1.17 bits per heavy atom. The number of aromatic hydroxyl groups is 2. The van der Waals surface area contributed by atoms with E-state index in [1.54, 1.807) is 116 Å². The summed E-state index contributed by atoms with van der Waals surface area (Å²) in [6, 6.07) is 65.0. The van der Waals surface area contributed by atoms with Gasteiger partial charge in [-0.3, -0.25) is 58.8 Å². The molecule has 5 amide bonds. The number of para-hydroxylation sites is 1. The summed E-state index contributed by atoms with van der Waals surface area (Å²) in [5, 5.41) is 98.5. The van der Waals surface area contributed by atoms with Crippen LogP contribution in [0.2, 0.25) is 0 Å². The highest BCUT2D eigenvalue weighted by Gasteiger charge is 2.30. The Labute approximate surface area is 856 Å². The molecule has 750 valence electrons. The smallest absolute Gasteiger partial charge is 0.275 e. The van der Waals surface area contributed by atoms with Crippen molar-refractivity contribution in [1.82, 2.24) is 92.5 Å². The number of amides is 5. The van der Waals surface area contributed by atoms with Crippen LogP contribution in [0.5, 0.6) is 11.5 Å². The van der Waals surface area contributed by atoms with Gasteiger partial charge < -0.3 is 69.6 Å². The lowest BCUT2D eigenvalue weighted by Crippen LogP contribution is -2.25. The van der Waals surface area contributed by atoms with E-state index in [9.17, 15) is 53.0 Å². The highest BCUT2D eigenvalue weighted by atomic mass is 79.9. The molecule has 0 aliphatic heterocycles. The number of nitrogens with one attached hydrogen (secondary N) is 8. The normalized spacial score (nSPS) is 12.6. The van der Waals surface area contributed by atoms with Crippen LogP contribution in [0.4, 0.5) is 4.39 Å². The summed E-state index contributed by atoms with van der Waals surface area (Å²) < 4.78 is 34.0. The molecule has 12 N–H and O–H groups in total. The summed E-state index contributed by atoms with van der Waals surface area (Å²) in [5.74, 6) is 1.35. The van der Waals surface area contributed by atoms with Crippen molar-refractivity contribution in [3.63, 3.8) is 0 Å². The minimum absolute atomic E-state index is 0.0153. The van der Waals surface area contributed by atoms with Crippen molar-refractivity contribution < 1.29 is 81.3 Å². The Balaban J connectivity index is 0.000000132. The SMILES string of the molecule is CN(C)C(=O)c1cc(-c2cccs2)on1.CN(C)CCCCCCC(=O)c1cc(-c2cccs2)on1.Cc1ccc(-c2cc(C(=O)NC3CC3)[nH]n2)c(O)c1.O=C(CCCO)c1cc(-c2cccs2)on1.O=C(CO)c1cc(-c2cccs2)on1.O=C(NC1CC1)c1cc(-c2ccc(-c3ccccc3)cc2)n[nH]1.O=C(NC1CC1)c1cc(-c2ccc(F)cc2Br)n[nH]1.O=C(NC1CC1)c1cc(-c2ccccc2O)n[nH]1. The Bertz CT molecular complexity index is 6960. The molecular formula is C105H106BrFN18O16S4. The molecule has 0 unspecified atom stereocenters. The number of thiophene rings is 4. The number of H-pyrrole nitrogens is 4. The molecule has 0 radical (unpaired) electrons. The van der Waals surface area contributed by atoms with E-state index in [1.807, 2.05) is 119 Å². The van der Waals surface area contributed by atoms with Crippen LogP contribution < -0.4 is 21.3 Å². The number of nitrogens with zero attached hydrogens (tertiary/aromatic N) is 10. The summed E-state index contributed by atoms with van der Waals surface area (Å²) >= 11 is 9.45. The zero-order chi connectivity index (χ0) is 102. The molecule has 4 fully saturated rings. The number of rotatable bonds is 32. The number of hydrogen-bond acceptors (Lipinski definition) is 29. The number of ketones is 3. The number of aromatic amines is 4. The molecule has 145 heavy (non-hydrogen) atoms. The molecule has 4 saturated carbocycles. The van der Waals surface area contributed by atoms with Gasteiger partial charge in [-0.2, -0.15) is 20.4 Å². The minimum Gasteiger partial charge on any atom is -0.507 e. The van der Waals surface area contributed by atoms with Crippen LogP contribution in [0.15, 0.2) is 256 Å². The molecule has 17 aromatic rings. The second-order valence-corrected chi connectivity index (χ2v) is 39.0. The topological polar surface area (TPSA) is 491 Å². The predicted molar refractivity (Wildman–Crippen MR) is 555 cm³/mol. The Morgan fingerprint density at radius 1 is 0.393 bits per heavy atom. The lowest BCUT2D eigenvalue weighted by Gasteiger charge is -2.08. The zero-order valence-electron chi connectivity index (χ0n) is 79.6. The number of hydrogen-bond donors (Lipinski definition) is 12. The summed E-state index contributed by atoms with van der Waals surface area (Å²) in [6.07, 6.45) is 14.1. The summed E-state index contributed by atoms with van der Waals surface area (Å²) in [7, 11) is 7.53. The van der Waals surface area contributed by atoms with Gasteiger partial charge in [-0.15, -0.1) is 45.3 Å². The van der Waals surface area contributed by atoms with Crippen molar-refractivity contribution in [3.8, 4) is 110 Å². The molecule has 21 rings (SSSR count). The van der Waals surface area contributed by atoms with Crippen LogP contribution in [-0.2, 0) is 0 Å². The molecule has 12 heterocycles. The first-order valence-electron chi connectivity index (χ1n) is 46.6. The number of carbonyl (C=O) groups excluding carboxylic acids is 8. The van der Waals surface area contributed by atoms with E-state index in [0.717, 1.165) is 118 Å². The molecule has 40 heteroatoms. The highest BCUT2D eigenvalue weighted by Crippen LogP contribution is 2.36. The van der Waals surface area contributed by atoms with Crippen molar-refractivity contribution in [2.24, 2.45) is 0 Å². The average Bonchev–Trinajstić information content (AvgIpc) is 1.68. The second kappa shape index (κ2) is 52.2. The van der Waals surface area contributed by atoms with Crippen molar-refractivity contribution in [2.45, 2.75) is 127 Å². The number of benzene rings is 5. The van der Waals surface area contributed by atoms with Crippen LogP contribution in [0.3, 0.4) is 0 Å². The zero-order valence-corrected chi connectivity index (χ0v) is 84.5. The Morgan fingerprint density at radius 2 is 0.766 bits per heavy atom. The van der Waals surface area contributed by atoms with Gasteiger partial charge in [0, 0.05) is 109 Å². The third kappa shape index (κ3) is 31.9. The molecule has 34 nitrogen and oxygen atoms in total. The largest absolute Gasteiger partial charge is 0.507 e. The standard InChI is InChI=1S/C19H17N3O.C16H22N2O2S.C14H15N3O2.C13H11BrFN3O.C13H13N3O2.C11H11NO3S.C10H10N2O2S.C9H7NO3S/c23-19(20-16-10-11-16)18-12-17(21-22-18)15-8-6-14(7-9-15)13-4-2-1-3-5-13;1-18(2)10-6-4-3-5-8-14(19)13-12-15(20-17-13)16-9-7-11-21-16;1-8-2-5-10(13(18)6-8)11-7-12(17-16-11)14(19)15-9-3-4-9;14-10-5-7(15)1-4-9(10)11-6-12(18-17-11)13(19)16-8-2-3-8;17-12-4-2-1-3-9(12)10-7-11(16-15-10)13(18)14-8-5-6-8;13-5-1-3-9(14)8-7-10(15-12-8)11-4-2-6-16-11;1-12(2)10(13)7-6-8(14-11-7)9-4-3-5-15-9;11-5-7(12)6-4-8(13-10-6)9-2-1-3-14-9/h1-9,12,16H,10-11H2,(H,20,23)(H,21,22);7,9,11-12H,3-6,8,10H2,1-2H3;2,5-7,9,18H,3-4H2,1H3,(H,15,19)(H,16,17);1,4-6,8H,2-3H2,(H,16,19)(H,17,18);1-4,7-8,17H,5-6H2,(H,14,18)(H,15,16);2,4,6-7,13H,1,3,5H2;3-6H,1-2H3;1-4,11H,5H2. The van der Waals surface area contributed by atoms with Crippen LogP contribution in [0.25, 0.3) is 98.7 Å². The number of halogens is 2. The third-order valence-corrected chi connectivity index (χ3v) is 26.3. The van der Waals surface area contributed by atoms with Crippen molar-refractivity contribution in [2.75, 3.05) is 47.9 Å². The van der Waals surface area contributed by atoms with Crippen molar-refractivity contribution in [3.05, 3.63) is 295 Å². The highest BCUT2D eigenvalue weighted by molar-refractivity contribution is 9.10. The molecule has 4 aliphatic rings. The van der Waals surface area contributed by atoms with Crippen LogP contribution >= 0.6 is 61.3 Å². The molecule has 0 spiro atoms. The second-order valence-electron chi connectivity index (χ2n) is 34.4. The monoisotopic (exact) mass is 2100 g/mol. The van der Waals surface area contributed by atoms with Crippen molar-refractivity contribution in [1.29, 1.82) is 0 Å². The van der Waals surface area contributed by atoms with Gasteiger partial charge in [-0.05, 0) is 243 Å². The molecule has 0 saturated heterocycles. The fourth-order valence-electron chi connectivity index (χ4n) is 13.6. The van der Waals surface area contributed by atoms with E-state index in [-0.39, 0.29) is 70.7 Å². The third-order valence-electron chi connectivity index (χ3n) is 22.1. The molecular weight excluding hydrogens is 2000 g/mol. The van der Waals surface area contributed by atoms with Gasteiger partial charge in [0.15, 0.2) is 46.0 Å². The number of carbonyl (C=O) groups is 8. The maximum Gasteiger partial charge on any atom is 0.275 e. The average molecular weight is 2100 g/mol. The van der Waals surface area contributed by atoms with Gasteiger partial charge in [0.2, 0.25) is 5.78 Å². The van der Waals surface area contributed by atoms with Crippen LogP contribution in [0.1, 0.15) is 186 Å². The first-order chi connectivity index (χ1) is 70.3. The Hall–Kier alpha value is -15.2. The van der Waals surface area contributed by atoms with Gasteiger partial charge >= 0.3 is 0 Å². The van der Waals surface area contributed by atoms with Crippen LogP contribution in [-0.4, -0.2) is 211 Å². The van der Waals surface area contributed by atoms with E-state index in [1.165, 1.54) is 64.2 Å². The lowest BCUT2D eigenvalue weighted by atomic mass is 10.0. The quantitative estimate of drug-likeness (QED) is 0.0138. The van der Waals surface area contributed by atoms with Gasteiger partial charge in [-0.25, -0.2) is 4.39 Å². The van der Waals surface area contributed by atoms with E-state index >= 15 is 0 Å². The number of aromatic nitrogens is 12. The van der Waals surface area contributed by atoms with E-state index in [4.69, 9.17) is 28.3 Å². The van der Waals surface area contributed by atoms with E-state index in [0.29, 0.717) is 139 Å². The maximum atomic E-state index is 13.0. The Kier molecular flexibility index (Phi) is 38.0. The predicted octanol–water partition coefficient (Wildman–Crippen LogP) is 20.3. The first-order valence-corrected chi connectivity index (χ1v) is 50.9. The molecule has 12 aromatic heterocycles. The van der Waals surface area contributed by atoms with Gasteiger partial charge in [-0.1, -0.05) is 131 Å². The molecule has 5 aromatic carbocycles. The van der Waals surface area contributed by atoms with Crippen molar-refractivity contribution >= 4 is 108 Å². The lowest BCUT2D eigenvalue weighted by molar-refractivity contribution is 0.0815.